The van der Waals surface area contributed by atoms with Crippen molar-refractivity contribution in [3.8, 4) is 11.3 Å². The highest BCUT2D eigenvalue weighted by atomic mass is 16.5. The number of hydrogen-bond donors (Lipinski definition) is 1. The second-order valence-corrected chi connectivity index (χ2v) is 6.77. The van der Waals surface area contributed by atoms with E-state index in [2.05, 4.69) is 24.1 Å². The Morgan fingerprint density at radius 1 is 1.30 bits per heavy atom. The largest absolute Gasteiger partial charge is 0.469 e. The molecule has 0 spiro atoms. The monoisotopic (exact) mass is 368 g/mol. The molecule has 0 aliphatic heterocycles. The second-order valence-electron chi connectivity index (χ2n) is 6.77. The topological polar surface area (TPSA) is 90.1 Å². The van der Waals surface area contributed by atoms with Crippen LogP contribution in [-0.2, 0) is 16.0 Å². The quantitative estimate of drug-likeness (QED) is 0.604. The molecule has 0 radical (unpaired) electrons. The number of rotatable bonds is 8. The fourth-order valence-corrected chi connectivity index (χ4v) is 2.74. The smallest absolute Gasteiger partial charge is 0.307 e. The molecule has 0 aliphatic carbocycles. The van der Waals surface area contributed by atoms with Gasteiger partial charge in [0.05, 0.1) is 25.2 Å². The number of esters is 1. The molecular formula is C20H24N4O3. The molecule has 1 N–H and O–H groups in total. The van der Waals surface area contributed by atoms with Crippen LogP contribution in [0.1, 0.15) is 32.5 Å². The number of aryl methyl sites for hydroxylation is 1. The first-order valence-corrected chi connectivity index (χ1v) is 9.07. The summed E-state index contributed by atoms with van der Waals surface area (Å²) in [7, 11) is 1.39. The van der Waals surface area contributed by atoms with Crippen molar-refractivity contribution in [3.63, 3.8) is 0 Å². The zero-order chi connectivity index (χ0) is 19.2. The minimum atomic E-state index is -0.261. The molecule has 2 aromatic heterocycles. The van der Waals surface area contributed by atoms with Gasteiger partial charge in [-0.2, -0.15) is 0 Å². The van der Waals surface area contributed by atoms with Crippen LogP contribution >= 0.6 is 0 Å². The average molecular weight is 368 g/mol. The number of aromatic nitrogens is 3. The molecule has 7 heteroatoms. The Morgan fingerprint density at radius 2 is 2.15 bits per heavy atom. The van der Waals surface area contributed by atoms with Crippen molar-refractivity contribution < 1.29 is 13.9 Å². The third-order valence-electron chi connectivity index (χ3n) is 4.25. The van der Waals surface area contributed by atoms with Gasteiger partial charge in [-0.3, -0.25) is 4.79 Å². The Morgan fingerprint density at radius 3 is 2.85 bits per heavy atom. The van der Waals surface area contributed by atoms with Crippen molar-refractivity contribution in [2.24, 2.45) is 5.92 Å². The van der Waals surface area contributed by atoms with Crippen molar-refractivity contribution in [3.05, 3.63) is 36.6 Å². The molecule has 0 amide bonds. The highest BCUT2D eigenvalue weighted by Gasteiger charge is 2.12. The van der Waals surface area contributed by atoms with Crippen LogP contribution in [0.4, 0.5) is 5.82 Å². The molecule has 27 heavy (non-hydrogen) atoms. The van der Waals surface area contributed by atoms with Crippen LogP contribution in [0.3, 0.4) is 0 Å². The maximum atomic E-state index is 11.4. The first-order valence-electron chi connectivity index (χ1n) is 9.07. The van der Waals surface area contributed by atoms with Crippen LogP contribution in [0.5, 0.6) is 0 Å². The molecule has 0 fully saturated rings. The number of nitrogens with zero attached hydrogens (tertiary/aromatic N) is 3. The van der Waals surface area contributed by atoms with Gasteiger partial charge in [0.1, 0.15) is 11.6 Å². The van der Waals surface area contributed by atoms with E-state index in [1.807, 2.05) is 18.2 Å². The lowest BCUT2D eigenvalue weighted by molar-refractivity contribution is -0.140. The number of methoxy groups -OCH3 is 1. The third-order valence-corrected chi connectivity index (χ3v) is 4.25. The zero-order valence-electron chi connectivity index (χ0n) is 15.9. The molecule has 3 rings (SSSR count). The highest BCUT2D eigenvalue weighted by molar-refractivity contribution is 5.92. The van der Waals surface area contributed by atoms with Gasteiger partial charge in [-0.1, -0.05) is 13.8 Å². The van der Waals surface area contributed by atoms with E-state index in [0.717, 1.165) is 35.1 Å². The maximum absolute atomic E-state index is 11.4. The van der Waals surface area contributed by atoms with Crippen LogP contribution in [0.2, 0.25) is 0 Å². The minimum absolute atomic E-state index is 0.261. The fourth-order valence-electron chi connectivity index (χ4n) is 2.74. The zero-order valence-corrected chi connectivity index (χ0v) is 15.9. The summed E-state index contributed by atoms with van der Waals surface area (Å²) in [6, 6.07) is 5.89. The minimum Gasteiger partial charge on any atom is -0.469 e. The molecule has 0 saturated carbocycles. The van der Waals surface area contributed by atoms with E-state index in [9.17, 15) is 4.79 Å². The van der Waals surface area contributed by atoms with E-state index in [0.29, 0.717) is 24.0 Å². The molecule has 142 valence electrons. The normalized spacial score (nSPS) is 11.1. The van der Waals surface area contributed by atoms with Gasteiger partial charge in [-0.05, 0) is 30.5 Å². The molecule has 7 nitrogen and oxygen atoms in total. The van der Waals surface area contributed by atoms with E-state index >= 15 is 0 Å². The van der Waals surface area contributed by atoms with Gasteiger partial charge in [0.25, 0.3) is 0 Å². The van der Waals surface area contributed by atoms with Crippen molar-refractivity contribution in [2.45, 2.75) is 33.1 Å². The van der Waals surface area contributed by atoms with Crippen molar-refractivity contribution in [1.29, 1.82) is 0 Å². The molecule has 1 aromatic carbocycles. The maximum Gasteiger partial charge on any atom is 0.307 e. The Bertz CT molecular complexity index is 907. The number of nitrogens with one attached hydrogen (secondary N) is 1. The van der Waals surface area contributed by atoms with Gasteiger partial charge in [0.2, 0.25) is 0 Å². The molecule has 0 atom stereocenters. The van der Waals surface area contributed by atoms with E-state index < -0.39 is 0 Å². The number of carbonyl (C=O) groups is 1. The van der Waals surface area contributed by atoms with Gasteiger partial charge in [0.15, 0.2) is 12.2 Å². The number of carbonyl (C=O) groups excluding carboxylic acids is 1. The van der Waals surface area contributed by atoms with E-state index in [1.54, 1.807) is 6.20 Å². The predicted octanol–water partition coefficient (Wildman–Crippen LogP) is 3.85. The average Bonchev–Trinajstić information content (AvgIpc) is 3.20. The Balaban J connectivity index is 1.94. The summed E-state index contributed by atoms with van der Waals surface area (Å²) in [4.78, 5) is 24.8. The Labute approximate surface area is 158 Å². The Kier molecular flexibility index (Phi) is 6.01. The summed E-state index contributed by atoms with van der Waals surface area (Å²) in [5, 5.41) is 4.13. The van der Waals surface area contributed by atoms with Gasteiger partial charge in [0, 0.05) is 23.9 Å². The molecule has 0 unspecified atom stereocenters. The van der Waals surface area contributed by atoms with Gasteiger partial charge >= 0.3 is 5.97 Å². The molecule has 3 aromatic rings. The number of fused-ring (bicyclic) bond motifs is 1. The first-order chi connectivity index (χ1) is 13.1. The molecular weight excluding hydrogens is 344 g/mol. The summed E-state index contributed by atoms with van der Waals surface area (Å²) in [6.45, 7) is 4.80. The van der Waals surface area contributed by atoms with Crippen molar-refractivity contribution in [2.75, 3.05) is 19.0 Å². The summed E-state index contributed by atoms with van der Waals surface area (Å²) >= 11 is 0. The summed E-state index contributed by atoms with van der Waals surface area (Å²) in [6.07, 6.45) is 5.17. The van der Waals surface area contributed by atoms with Crippen molar-refractivity contribution in [1.82, 2.24) is 15.0 Å². The second kappa shape index (κ2) is 8.62. The van der Waals surface area contributed by atoms with Crippen LogP contribution in [0.25, 0.3) is 22.2 Å². The van der Waals surface area contributed by atoms with Crippen molar-refractivity contribution >= 4 is 22.7 Å². The number of hydrogen-bond acceptors (Lipinski definition) is 7. The predicted molar refractivity (Wildman–Crippen MR) is 103 cm³/mol. The van der Waals surface area contributed by atoms with E-state index in [4.69, 9.17) is 19.1 Å². The number of anilines is 1. The van der Waals surface area contributed by atoms with Gasteiger partial charge < -0.3 is 14.5 Å². The lowest BCUT2D eigenvalue weighted by atomic mass is 10.1. The summed E-state index contributed by atoms with van der Waals surface area (Å²) in [5.74, 6) is 2.51. The number of benzene rings is 1. The lowest BCUT2D eigenvalue weighted by Crippen LogP contribution is -2.12. The molecule has 0 bridgehead atoms. The number of ether oxygens (including phenoxy) is 1. The molecule has 2 heterocycles. The fraction of sp³-hybridized carbons (Fsp3) is 0.400. The number of oxazole rings is 1. The standard InChI is InChI=1S/C20H24N4O3/c1-13(2)4-7-18-23-16-6-5-14(17-11-21-12-27-17)10-15(16)20(24-18)22-9-8-19(25)26-3/h5-6,10-13H,4,7-9H2,1-3H3,(H,22,23,24). The lowest BCUT2D eigenvalue weighted by Gasteiger charge is -2.12. The third kappa shape index (κ3) is 4.81. The van der Waals surface area contributed by atoms with Gasteiger partial charge in [-0.25, -0.2) is 15.0 Å². The summed E-state index contributed by atoms with van der Waals surface area (Å²) in [5.41, 5.74) is 1.75. The highest BCUT2D eigenvalue weighted by Crippen LogP contribution is 2.27. The Hall–Kier alpha value is -2.96. The van der Waals surface area contributed by atoms with Crippen LogP contribution < -0.4 is 5.32 Å². The summed E-state index contributed by atoms with van der Waals surface area (Å²) < 4.78 is 10.1. The van der Waals surface area contributed by atoms with Crippen LogP contribution in [0.15, 0.2) is 35.2 Å². The first kappa shape index (κ1) is 18.8. The SMILES string of the molecule is COC(=O)CCNc1nc(CCC(C)C)nc2ccc(-c3cnco3)cc12. The van der Waals surface area contributed by atoms with E-state index in [1.165, 1.54) is 13.5 Å². The molecule has 0 saturated heterocycles. The molecule has 0 aliphatic rings. The van der Waals surface area contributed by atoms with Crippen LogP contribution in [0, 0.1) is 5.92 Å². The van der Waals surface area contributed by atoms with Crippen LogP contribution in [-0.4, -0.2) is 34.6 Å². The van der Waals surface area contributed by atoms with E-state index in [-0.39, 0.29) is 12.4 Å². The van der Waals surface area contributed by atoms with Gasteiger partial charge in [-0.15, -0.1) is 0 Å².